The molecule has 1 rings (SSSR count). The lowest BCUT2D eigenvalue weighted by atomic mass is 9.89. The van der Waals surface area contributed by atoms with E-state index in [0.717, 1.165) is 24.0 Å². The Morgan fingerprint density at radius 3 is 2.21 bits per heavy atom. The van der Waals surface area contributed by atoms with Crippen molar-refractivity contribution in [2.24, 2.45) is 5.73 Å². The zero-order chi connectivity index (χ0) is 14.8. The molecule has 0 aromatic heterocycles. The maximum absolute atomic E-state index is 11.9. The van der Waals surface area contributed by atoms with Crippen LogP contribution in [0.3, 0.4) is 0 Å². The fourth-order valence-corrected chi connectivity index (χ4v) is 2.67. The average Bonchev–Trinajstić information content (AvgIpc) is 2.35. The predicted octanol–water partition coefficient (Wildman–Crippen LogP) is 2.63. The number of rotatable bonds is 5. The monoisotopic (exact) mass is 283 g/mol. The molecule has 0 fully saturated rings. The van der Waals surface area contributed by atoms with Gasteiger partial charge in [0.1, 0.15) is 0 Å². The van der Waals surface area contributed by atoms with E-state index in [2.05, 4.69) is 32.0 Å². The van der Waals surface area contributed by atoms with E-state index in [0.29, 0.717) is 0 Å². The van der Waals surface area contributed by atoms with Gasteiger partial charge >= 0.3 is 0 Å². The molecule has 2 N–H and O–H groups in total. The van der Waals surface area contributed by atoms with Crippen LogP contribution in [0.2, 0.25) is 0 Å². The molecule has 0 heterocycles. The molecule has 1 aromatic rings. The van der Waals surface area contributed by atoms with Crippen molar-refractivity contribution in [1.29, 1.82) is 0 Å². The van der Waals surface area contributed by atoms with Crippen LogP contribution in [-0.2, 0) is 22.7 Å². The maximum atomic E-state index is 11.9. The second-order valence-electron chi connectivity index (χ2n) is 5.59. The van der Waals surface area contributed by atoms with Crippen molar-refractivity contribution in [3.8, 4) is 0 Å². The van der Waals surface area contributed by atoms with E-state index in [1.807, 2.05) is 0 Å². The lowest BCUT2D eigenvalue weighted by Crippen LogP contribution is -2.42. The van der Waals surface area contributed by atoms with Crippen molar-refractivity contribution < 1.29 is 8.42 Å². The molecule has 4 heteroatoms. The number of sulfone groups is 1. The summed E-state index contributed by atoms with van der Waals surface area (Å²) in [6, 6.07) is 5.69. The third-order valence-corrected chi connectivity index (χ3v) is 6.20. The van der Waals surface area contributed by atoms with Gasteiger partial charge in [-0.3, -0.25) is 0 Å². The van der Waals surface area contributed by atoms with Crippen LogP contribution in [0.1, 0.15) is 50.4 Å². The Labute approximate surface area is 117 Å². The first-order chi connectivity index (χ1) is 8.65. The van der Waals surface area contributed by atoms with E-state index >= 15 is 0 Å². The van der Waals surface area contributed by atoms with Gasteiger partial charge in [-0.25, -0.2) is 8.42 Å². The van der Waals surface area contributed by atoms with E-state index in [4.69, 9.17) is 5.73 Å². The fourth-order valence-electron chi connectivity index (χ4n) is 2.08. The van der Waals surface area contributed by atoms with Gasteiger partial charge in [0.05, 0.1) is 4.75 Å². The number of hydrogen-bond acceptors (Lipinski definition) is 3. The summed E-state index contributed by atoms with van der Waals surface area (Å²) < 4.78 is 22.9. The van der Waals surface area contributed by atoms with Gasteiger partial charge in [-0.05, 0) is 43.4 Å². The van der Waals surface area contributed by atoms with Crippen molar-refractivity contribution in [3.05, 3.63) is 34.9 Å². The summed E-state index contributed by atoms with van der Waals surface area (Å²) in [6.07, 6.45) is 3.03. The Kier molecular flexibility index (Phi) is 4.80. The molecule has 0 aliphatic heterocycles. The minimum Gasteiger partial charge on any atom is -0.323 e. The van der Waals surface area contributed by atoms with Crippen LogP contribution in [0.25, 0.3) is 0 Å². The Morgan fingerprint density at radius 1 is 1.21 bits per heavy atom. The van der Waals surface area contributed by atoms with Crippen molar-refractivity contribution in [2.75, 3.05) is 6.26 Å². The van der Waals surface area contributed by atoms with Crippen LogP contribution >= 0.6 is 0 Å². The average molecular weight is 283 g/mol. The summed E-state index contributed by atoms with van der Waals surface area (Å²) in [7, 11) is -3.22. The van der Waals surface area contributed by atoms with Gasteiger partial charge in [-0.2, -0.15) is 0 Å². The minimum absolute atomic E-state index is 0.510. The summed E-state index contributed by atoms with van der Waals surface area (Å²) in [5.41, 5.74) is 9.55. The van der Waals surface area contributed by atoms with Gasteiger partial charge < -0.3 is 5.73 Å². The second kappa shape index (κ2) is 5.63. The molecule has 3 nitrogen and oxygen atoms in total. The van der Waals surface area contributed by atoms with Crippen LogP contribution in [-0.4, -0.2) is 19.4 Å². The number of benzene rings is 1. The second-order valence-corrected chi connectivity index (χ2v) is 8.19. The largest absolute Gasteiger partial charge is 0.323 e. The molecular weight excluding hydrogens is 258 g/mol. The lowest BCUT2D eigenvalue weighted by Gasteiger charge is -2.31. The SMILES string of the molecule is CCc1ccc(CC)c(C(N)C(C)(C)S(C)(=O)=O)c1. The fraction of sp³-hybridized carbons (Fsp3) is 0.600. The normalized spacial score (nSPS) is 14.4. The van der Waals surface area contributed by atoms with Crippen molar-refractivity contribution in [1.82, 2.24) is 0 Å². The minimum atomic E-state index is -3.22. The van der Waals surface area contributed by atoms with Crippen LogP contribution in [0.4, 0.5) is 0 Å². The Morgan fingerprint density at radius 2 is 1.79 bits per heavy atom. The Bertz CT molecular complexity index is 547. The molecule has 1 aromatic carbocycles. The summed E-state index contributed by atoms with van der Waals surface area (Å²) in [5.74, 6) is 0. The quantitative estimate of drug-likeness (QED) is 0.903. The van der Waals surface area contributed by atoms with Gasteiger partial charge in [0.15, 0.2) is 9.84 Å². The molecule has 0 amide bonds. The molecule has 0 aliphatic rings. The molecule has 0 saturated heterocycles. The molecular formula is C15H25NO2S. The van der Waals surface area contributed by atoms with Gasteiger partial charge in [-0.1, -0.05) is 32.0 Å². The highest BCUT2D eigenvalue weighted by molar-refractivity contribution is 7.92. The molecule has 0 bridgehead atoms. The topological polar surface area (TPSA) is 60.2 Å². The lowest BCUT2D eigenvalue weighted by molar-refractivity contribution is 0.494. The van der Waals surface area contributed by atoms with Gasteiger partial charge in [0.25, 0.3) is 0 Å². The third-order valence-electron chi connectivity index (χ3n) is 4.04. The predicted molar refractivity (Wildman–Crippen MR) is 81.0 cm³/mol. The van der Waals surface area contributed by atoms with E-state index < -0.39 is 20.6 Å². The molecule has 1 atom stereocenters. The molecule has 19 heavy (non-hydrogen) atoms. The van der Waals surface area contributed by atoms with Gasteiger partial charge in [0.2, 0.25) is 0 Å². The third kappa shape index (κ3) is 3.18. The number of aryl methyl sites for hydroxylation is 2. The number of nitrogens with two attached hydrogens (primary N) is 1. The molecule has 108 valence electrons. The summed E-state index contributed by atoms with van der Waals surface area (Å²) in [5, 5.41) is 0. The summed E-state index contributed by atoms with van der Waals surface area (Å²) in [4.78, 5) is 0. The highest BCUT2D eigenvalue weighted by atomic mass is 32.2. The summed E-state index contributed by atoms with van der Waals surface area (Å²) in [6.45, 7) is 7.54. The van der Waals surface area contributed by atoms with Crippen molar-refractivity contribution in [2.45, 2.75) is 51.3 Å². The van der Waals surface area contributed by atoms with Gasteiger partial charge in [-0.15, -0.1) is 0 Å². The van der Waals surface area contributed by atoms with E-state index in [1.165, 1.54) is 11.8 Å². The van der Waals surface area contributed by atoms with Crippen molar-refractivity contribution >= 4 is 9.84 Å². The molecule has 1 unspecified atom stereocenters. The first-order valence-electron chi connectivity index (χ1n) is 6.72. The van der Waals surface area contributed by atoms with Crippen LogP contribution in [0, 0.1) is 0 Å². The molecule has 0 spiro atoms. The summed E-state index contributed by atoms with van der Waals surface area (Å²) >= 11 is 0. The smallest absolute Gasteiger partial charge is 0.154 e. The van der Waals surface area contributed by atoms with Crippen LogP contribution in [0.15, 0.2) is 18.2 Å². The Balaban J connectivity index is 3.36. The zero-order valence-electron chi connectivity index (χ0n) is 12.5. The van der Waals surface area contributed by atoms with Gasteiger partial charge in [0, 0.05) is 12.3 Å². The molecule has 0 radical (unpaired) electrons. The number of hydrogen-bond donors (Lipinski definition) is 1. The standard InChI is InChI=1S/C15H25NO2S/c1-6-11-8-9-12(7-2)13(10-11)14(16)15(3,4)19(5,17)18/h8-10,14H,6-7,16H2,1-5H3. The van der Waals surface area contributed by atoms with E-state index in [-0.39, 0.29) is 0 Å². The highest BCUT2D eigenvalue weighted by Gasteiger charge is 2.38. The van der Waals surface area contributed by atoms with E-state index in [9.17, 15) is 8.42 Å². The van der Waals surface area contributed by atoms with E-state index in [1.54, 1.807) is 13.8 Å². The maximum Gasteiger partial charge on any atom is 0.154 e. The van der Waals surface area contributed by atoms with Crippen LogP contribution in [0.5, 0.6) is 0 Å². The first kappa shape index (κ1) is 16.2. The molecule has 0 aliphatic carbocycles. The molecule has 0 saturated carbocycles. The first-order valence-corrected chi connectivity index (χ1v) is 8.61. The zero-order valence-corrected chi connectivity index (χ0v) is 13.3. The highest BCUT2D eigenvalue weighted by Crippen LogP contribution is 2.32. The van der Waals surface area contributed by atoms with Crippen molar-refractivity contribution in [3.63, 3.8) is 0 Å². The van der Waals surface area contributed by atoms with Crippen LogP contribution < -0.4 is 5.73 Å². The Hall–Kier alpha value is -0.870.